The van der Waals surface area contributed by atoms with Crippen molar-refractivity contribution >= 4 is 29.2 Å². The van der Waals surface area contributed by atoms with Crippen LogP contribution in [0.25, 0.3) is 0 Å². The number of cyclic esters (lactones) is 1. The Labute approximate surface area is 382 Å². The first-order valence-electron chi connectivity index (χ1n) is 24.2. The summed E-state index contributed by atoms with van der Waals surface area (Å²) in [6.07, 6.45) is 8.83. The minimum atomic E-state index is -2.40. The molecule has 0 aromatic heterocycles. The van der Waals surface area contributed by atoms with Crippen LogP contribution in [-0.2, 0) is 47.7 Å². The number of methoxy groups -OCH3 is 3. The van der Waals surface area contributed by atoms with E-state index in [2.05, 4.69) is 6.08 Å². The summed E-state index contributed by atoms with van der Waals surface area (Å²) in [5.74, 6) is -7.68. The monoisotopic (exact) mass is 904 g/mol. The van der Waals surface area contributed by atoms with Crippen molar-refractivity contribution in [3.63, 3.8) is 0 Å². The standard InChI is InChI=1S/C50H81NO13/c1-30-17-13-11-10-12-14-18-31(2)44(54)46(62-9)45(55)34(5)25-32(3)40(53)29-42(33(4)26-36-21-23-39(52)43(27-36)61-8)63-49(58)38-19-15-16-24-51(38)48(57)47(56)50(59)35(6)20-22-37(64-50)28-41(30)60-7/h17,25,31-33,35-39,41-43,45-46,52,55,59H,10-16,18-24,26-29H2,1-9H3/b30-17-,34-25-/t31-,32-,33-,35-,36-,37+,38+,39-,41+,42+,43-,45-,46+,50-/m1/s1. The van der Waals surface area contributed by atoms with Crippen LogP contribution in [0.15, 0.2) is 23.3 Å². The van der Waals surface area contributed by atoms with E-state index in [1.807, 2.05) is 20.8 Å². The van der Waals surface area contributed by atoms with Crippen molar-refractivity contribution in [3.8, 4) is 0 Å². The topological polar surface area (TPSA) is 195 Å². The zero-order valence-corrected chi connectivity index (χ0v) is 40.3. The van der Waals surface area contributed by atoms with E-state index in [-0.39, 0.29) is 60.9 Å². The summed E-state index contributed by atoms with van der Waals surface area (Å²) >= 11 is 0. The highest BCUT2D eigenvalue weighted by Crippen LogP contribution is 2.38. The van der Waals surface area contributed by atoms with Crippen molar-refractivity contribution < 1.29 is 63.0 Å². The zero-order valence-electron chi connectivity index (χ0n) is 40.3. The fourth-order valence-corrected chi connectivity index (χ4v) is 10.3. The predicted molar refractivity (Wildman–Crippen MR) is 241 cm³/mol. The first-order valence-corrected chi connectivity index (χ1v) is 24.2. The van der Waals surface area contributed by atoms with Gasteiger partial charge in [0.25, 0.3) is 11.7 Å². The Bertz CT molecular complexity index is 1630. The van der Waals surface area contributed by atoms with Crippen molar-refractivity contribution in [2.24, 2.45) is 29.6 Å². The lowest BCUT2D eigenvalue weighted by atomic mass is 9.78. The Kier molecular flexibility index (Phi) is 21.3. The molecule has 364 valence electrons. The summed E-state index contributed by atoms with van der Waals surface area (Å²) in [6, 6.07) is -1.13. The molecule has 0 unspecified atom stereocenters. The van der Waals surface area contributed by atoms with E-state index in [1.165, 1.54) is 12.0 Å². The van der Waals surface area contributed by atoms with Crippen molar-refractivity contribution in [3.05, 3.63) is 23.3 Å². The van der Waals surface area contributed by atoms with Gasteiger partial charge in [0.05, 0.1) is 24.4 Å². The lowest BCUT2D eigenvalue weighted by Crippen LogP contribution is -2.61. The van der Waals surface area contributed by atoms with Gasteiger partial charge in [0.1, 0.15) is 30.1 Å². The molecule has 3 aliphatic heterocycles. The van der Waals surface area contributed by atoms with Gasteiger partial charge in [-0.2, -0.15) is 0 Å². The number of piperidine rings is 1. The van der Waals surface area contributed by atoms with E-state index in [4.69, 9.17) is 23.7 Å². The molecule has 2 saturated heterocycles. The molecule has 64 heavy (non-hydrogen) atoms. The van der Waals surface area contributed by atoms with Crippen LogP contribution in [0.3, 0.4) is 0 Å². The summed E-state index contributed by atoms with van der Waals surface area (Å²) in [5, 5.41) is 33.8. The maximum atomic E-state index is 14.3. The van der Waals surface area contributed by atoms with Gasteiger partial charge in [-0.1, -0.05) is 59.1 Å². The SMILES string of the molecule is CO[C@H]1C[C@@H]2CC[C@@H](C)[C@@](O)(O2)C(=O)C(=O)N2CCCC[C@H]2C(=O)O[C@H]([C@H](C)C[C@H]2CC[C@@H](O)[C@H](OC)C2)CC(=O)[C@H](C)/C=C(/C)[C@@H](O)[C@@H](OC)C(=O)[C@H](C)CCCCCC/C=C\1C. The molecular formula is C50H81NO13. The number of amides is 1. The number of aliphatic hydroxyl groups excluding tert-OH is 2. The molecule has 0 aromatic rings. The number of aliphatic hydroxyl groups is 3. The molecule has 14 atom stereocenters. The summed E-state index contributed by atoms with van der Waals surface area (Å²) in [5.41, 5.74) is 1.41. The fourth-order valence-electron chi connectivity index (χ4n) is 10.3. The molecule has 2 bridgehead atoms. The Hall–Kier alpha value is -2.85. The zero-order chi connectivity index (χ0) is 47.3. The van der Waals surface area contributed by atoms with Gasteiger partial charge in [0, 0.05) is 58.5 Å². The van der Waals surface area contributed by atoms with Gasteiger partial charge >= 0.3 is 5.97 Å². The highest BCUT2D eigenvalue weighted by molar-refractivity contribution is 6.39. The number of hydrogen-bond donors (Lipinski definition) is 3. The molecule has 14 nitrogen and oxygen atoms in total. The molecule has 3 fully saturated rings. The molecule has 1 aliphatic carbocycles. The third-order valence-corrected chi connectivity index (χ3v) is 14.8. The Morgan fingerprint density at radius 3 is 2.22 bits per heavy atom. The maximum Gasteiger partial charge on any atom is 0.329 e. The second kappa shape index (κ2) is 25.3. The number of Topliss-reactive ketones (excluding diaryl/α,β-unsaturated/α-hetero) is 3. The number of fused-ring (bicyclic) bond motifs is 3. The number of rotatable bonds is 6. The first-order chi connectivity index (χ1) is 30.4. The van der Waals surface area contributed by atoms with E-state index in [0.717, 1.165) is 44.1 Å². The molecule has 0 spiro atoms. The first kappa shape index (κ1) is 53.8. The van der Waals surface area contributed by atoms with E-state index < -0.39 is 71.8 Å². The van der Waals surface area contributed by atoms with Crippen molar-refractivity contribution in [1.29, 1.82) is 0 Å². The Morgan fingerprint density at radius 2 is 1.53 bits per heavy atom. The number of carbonyl (C=O) groups excluding carboxylic acids is 5. The van der Waals surface area contributed by atoms with Crippen molar-refractivity contribution in [2.45, 2.75) is 205 Å². The summed E-state index contributed by atoms with van der Waals surface area (Å²) in [4.78, 5) is 71.6. The van der Waals surface area contributed by atoms with Gasteiger partial charge in [0.2, 0.25) is 5.79 Å². The van der Waals surface area contributed by atoms with E-state index in [9.17, 15) is 39.3 Å². The summed E-state index contributed by atoms with van der Waals surface area (Å²) < 4.78 is 29.4. The number of ketones is 3. The lowest BCUT2D eigenvalue weighted by Gasteiger charge is -2.42. The number of ether oxygens (including phenoxy) is 5. The minimum absolute atomic E-state index is 0.100. The Balaban J connectivity index is 1.66. The number of esters is 1. The third-order valence-electron chi connectivity index (χ3n) is 14.8. The van der Waals surface area contributed by atoms with E-state index in [0.29, 0.717) is 63.4 Å². The van der Waals surface area contributed by atoms with E-state index in [1.54, 1.807) is 41.1 Å². The molecule has 0 aromatic carbocycles. The average Bonchev–Trinajstić information content (AvgIpc) is 3.28. The molecular weight excluding hydrogens is 823 g/mol. The molecule has 4 aliphatic rings. The molecule has 3 heterocycles. The minimum Gasteiger partial charge on any atom is -0.460 e. The average molecular weight is 904 g/mol. The molecule has 14 heteroatoms. The molecule has 1 amide bonds. The highest BCUT2D eigenvalue weighted by Gasteiger charge is 2.53. The molecule has 0 radical (unpaired) electrons. The quantitative estimate of drug-likeness (QED) is 0.151. The van der Waals surface area contributed by atoms with Crippen LogP contribution in [-0.4, -0.2) is 132 Å². The van der Waals surface area contributed by atoms with Crippen LogP contribution in [0.4, 0.5) is 0 Å². The molecule has 1 saturated carbocycles. The van der Waals surface area contributed by atoms with Crippen molar-refractivity contribution in [2.75, 3.05) is 27.9 Å². The molecule has 3 N–H and O–H groups in total. The van der Waals surface area contributed by atoms with Gasteiger partial charge in [0.15, 0.2) is 5.78 Å². The largest absolute Gasteiger partial charge is 0.460 e. The third kappa shape index (κ3) is 14.1. The normalized spacial score (nSPS) is 39.2. The van der Waals surface area contributed by atoms with Gasteiger partial charge in [-0.3, -0.25) is 19.2 Å². The van der Waals surface area contributed by atoms with E-state index >= 15 is 0 Å². The van der Waals surface area contributed by atoms with Crippen molar-refractivity contribution in [1.82, 2.24) is 4.90 Å². The summed E-state index contributed by atoms with van der Waals surface area (Å²) in [7, 11) is 4.58. The number of nitrogens with zero attached hydrogens (tertiary/aromatic N) is 1. The van der Waals surface area contributed by atoms with Crippen LogP contribution in [0, 0.1) is 29.6 Å². The van der Waals surface area contributed by atoms with Gasteiger partial charge in [-0.05, 0) is 114 Å². The smallest absolute Gasteiger partial charge is 0.329 e. The van der Waals surface area contributed by atoms with Crippen LogP contribution in [0.1, 0.15) is 151 Å². The lowest BCUT2D eigenvalue weighted by molar-refractivity contribution is -0.265. The Morgan fingerprint density at radius 1 is 0.828 bits per heavy atom. The van der Waals surface area contributed by atoms with Crippen LogP contribution >= 0.6 is 0 Å². The van der Waals surface area contributed by atoms with Gasteiger partial charge in [-0.15, -0.1) is 0 Å². The highest BCUT2D eigenvalue weighted by atomic mass is 16.6. The number of carbonyl (C=O) groups is 5. The van der Waals surface area contributed by atoms with Crippen LogP contribution < -0.4 is 0 Å². The van der Waals surface area contributed by atoms with Gasteiger partial charge < -0.3 is 43.9 Å². The second-order valence-corrected chi connectivity index (χ2v) is 19.6. The second-order valence-electron chi connectivity index (χ2n) is 19.6. The number of allylic oxidation sites excluding steroid dienone is 2. The maximum absolute atomic E-state index is 14.3. The number of hydrogen-bond acceptors (Lipinski definition) is 13. The summed E-state index contributed by atoms with van der Waals surface area (Å²) in [6.45, 7) is 10.9. The predicted octanol–water partition coefficient (Wildman–Crippen LogP) is 6.38. The van der Waals surface area contributed by atoms with Crippen LogP contribution in [0.5, 0.6) is 0 Å². The molecule has 4 rings (SSSR count). The van der Waals surface area contributed by atoms with Gasteiger partial charge in [-0.25, -0.2) is 4.79 Å². The van der Waals surface area contributed by atoms with Crippen LogP contribution in [0.2, 0.25) is 0 Å². The fraction of sp³-hybridized carbons (Fsp3) is 0.820.